The van der Waals surface area contributed by atoms with Crippen LogP contribution in [0.1, 0.15) is 6.92 Å². The molecule has 1 aromatic carbocycles. The van der Waals surface area contributed by atoms with E-state index in [0.29, 0.717) is 5.57 Å². The van der Waals surface area contributed by atoms with Crippen LogP contribution in [-0.2, 0) is 9.53 Å². The fourth-order valence-corrected chi connectivity index (χ4v) is 0.946. The summed E-state index contributed by atoms with van der Waals surface area (Å²) >= 11 is 0. The van der Waals surface area contributed by atoms with Gasteiger partial charge in [0.1, 0.15) is 0 Å². The number of hydrogen-bond donors (Lipinski definition) is 1. The van der Waals surface area contributed by atoms with Gasteiger partial charge in [0.2, 0.25) is 0 Å². The lowest BCUT2D eigenvalue weighted by atomic mass is 10.3. The van der Waals surface area contributed by atoms with Crippen molar-refractivity contribution in [3.8, 4) is 0 Å². The van der Waals surface area contributed by atoms with Crippen LogP contribution in [0.25, 0.3) is 0 Å². The summed E-state index contributed by atoms with van der Waals surface area (Å²) in [5.74, 6) is -0.326. The maximum Gasteiger partial charge on any atom is 0.334 e. The molecule has 1 N–H and O–H groups in total. The Hall–Kier alpha value is -1.77. The number of rotatable bonds is 3. The number of para-hydroxylation sites is 1. The number of hydrogen-bond acceptors (Lipinski definition) is 3. The van der Waals surface area contributed by atoms with Gasteiger partial charge in [0.15, 0.2) is 0 Å². The molecule has 1 rings (SSSR count). The lowest BCUT2D eigenvalue weighted by molar-refractivity contribution is -0.136. The summed E-state index contributed by atoms with van der Waals surface area (Å²) in [6, 6.07) is 9.61. The van der Waals surface area contributed by atoms with Crippen molar-refractivity contribution in [3.63, 3.8) is 0 Å². The summed E-state index contributed by atoms with van der Waals surface area (Å²) in [5.41, 5.74) is 1.48. The van der Waals surface area contributed by atoms with Gasteiger partial charge in [0.25, 0.3) is 0 Å². The zero-order valence-corrected chi connectivity index (χ0v) is 8.28. The molecular formula is C11H13NO2. The van der Waals surface area contributed by atoms with Crippen molar-refractivity contribution in [3.05, 3.63) is 42.1 Å². The first-order valence-electron chi connectivity index (χ1n) is 4.30. The highest BCUT2D eigenvalue weighted by atomic mass is 16.5. The van der Waals surface area contributed by atoms with Crippen LogP contribution >= 0.6 is 0 Å². The number of esters is 1. The Morgan fingerprint density at radius 2 is 2.00 bits per heavy atom. The molecule has 0 saturated carbocycles. The maximum atomic E-state index is 11.0. The van der Waals surface area contributed by atoms with E-state index in [4.69, 9.17) is 0 Å². The van der Waals surface area contributed by atoms with Crippen molar-refractivity contribution >= 4 is 11.7 Å². The first kappa shape index (κ1) is 10.3. The summed E-state index contributed by atoms with van der Waals surface area (Å²) in [4.78, 5) is 11.0. The van der Waals surface area contributed by atoms with Gasteiger partial charge in [-0.25, -0.2) is 4.79 Å². The van der Waals surface area contributed by atoms with E-state index in [9.17, 15) is 4.79 Å². The van der Waals surface area contributed by atoms with Crippen LogP contribution in [0.15, 0.2) is 42.1 Å². The molecule has 0 aliphatic carbocycles. The Bertz CT molecular complexity index is 330. The van der Waals surface area contributed by atoms with E-state index >= 15 is 0 Å². The minimum atomic E-state index is -0.326. The molecular weight excluding hydrogens is 178 g/mol. The van der Waals surface area contributed by atoms with E-state index in [0.717, 1.165) is 5.69 Å². The lowest BCUT2D eigenvalue weighted by Crippen LogP contribution is -2.03. The molecule has 0 spiro atoms. The molecule has 0 amide bonds. The second-order valence-electron chi connectivity index (χ2n) is 2.83. The first-order chi connectivity index (χ1) is 6.74. The molecule has 74 valence electrons. The molecule has 0 aliphatic rings. The summed E-state index contributed by atoms with van der Waals surface area (Å²) in [7, 11) is 1.36. The zero-order chi connectivity index (χ0) is 10.4. The Balaban J connectivity index is 2.59. The second-order valence-corrected chi connectivity index (χ2v) is 2.83. The smallest absolute Gasteiger partial charge is 0.334 e. The maximum absolute atomic E-state index is 11.0. The van der Waals surface area contributed by atoms with Crippen LogP contribution < -0.4 is 5.32 Å². The summed E-state index contributed by atoms with van der Waals surface area (Å²) in [6.07, 6.45) is 1.63. The highest BCUT2D eigenvalue weighted by molar-refractivity contribution is 5.88. The van der Waals surface area contributed by atoms with Crippen molar-refractivity contribution in [2.75, 3.05) is 12.4 Å². The van der Waals surface area contributed by atoms with Crippen LogP contribution in [0.5, 0.6) is 0 Å². The van der Waals surface area contributed by atoms with Gasteiger partial charge >= 0.3 is 5.97 Å². The molecule has 0 fully saturated rings. The Morgan fingerprint density at radius 1 is 1.36 bits per heavy atom. The van der Waals surface area contributed by atoms with Gasteiger partial charge in [0.05, 0.1) is 12.7 Å². The number of nitrogens with one attached hydrogen (secondary N) is 1. The number of benzene rings is 1. The van der Waals surface area contributed by atoms with Gasteiger partial charge in [-0.3, -0.25) is 0 Å². The van der Waals surface area contributed by atoms with Crippen molar-refractivity contribution in [2.45, 2.75) is 6.92 Å². The number of methoxy groups -OCH3 is 1. The van der Waals surface area contributed by atoms with Gasteiger partial charge in [-0.2, -0.15) is 0 Å². The minimum absolute atomic E-state index is 0.326. The predicted molar refractivity (Wildman–Crippen MR) is 55.8 cm³/mol. The summed E-state index contributed by atoms with van der Waals surface area (Å²) < 4.78 is 4.55. The van der Waals surface area contributed by atoms with Crippen molar-refractivity contribution in [2.24, 2.45) is 0 Å². The fourth-order valence-electron chi connectivity index (χ4n) is 0.946. The SMILES string of the molecule is COC(=O)/C(C)=C\Nc1ccccc1. The highest BCUT2D eigenvalue weighted by Crippen LogP contribution is 2.06. The van der Waals surface area contributed by atoms with E-state index in [1.165, 1.54) is 7.11 Å². The topological polar surface area (TPSA) is 38.3 Å². The second kappa shape index (κ2) is 5.07. The van der Waals surface area contributed by atoms with Gasteiger partial charge in [-0.1, -0.05) is 18.2 Å². The van der Waals surface area contributed by atoms with Gasteiger partial charge in [-0.05, 0) is 19.1 Å². The van der Waals surface area contributed by atoms with Crippen LogP contribution in [-0.4, -0.2) is 13.1 Å². The summed E-state index contributed by atoms with van der Waals surface area (Å²) in [6.45, 7) is 1.70. The molecule has 1 aromatic rings. The zero-order valence-electron chi connectivity index (χ0n) is 8.28. The van der Waals surface area contributed by atoms with E-state index in [1.807, 2.05) is 30.3 Å². The standard InChI is InChI=1S/C11H13NO2/c1-9(11(13)14-2)8-12-10-6-4-3-5-7-10/h3-8,12H,1-2H3/b9-8-. The summed E-state index contributed by atoms with van der Waals surface area (Å²) in [5, 5.41) is 3.00. The van der Waals surface area contributed by atoms with E-state index in [-0.39, 0.29) is 5.97 Å². The van der Waals surface area contributed by atoms with E-state index in [2.05, 4.69) is 10.1 Å². The highest BCUT2D eigenvalue weighted by Gasteiger charge is 2.01. The predicted octanol–water partition coefficient (Wildman–Crippen LogP) is 2.18. The third kappa shape index (κ3) is 2.94. The van der Waals surface area contributed by atoms with Crippen LogP contribution in [0.2, 0.25) is 0 Å². The first-order valence-corrected chi connectivity index (χ1v) is 4.30. The Kier molecular flexibility index (Phi) is 3.73. The molecule has 3 nitrogen and oxygen atoms in total. The molecule has 0 aliphatic heterocycles. The lowest BCUT2D eigenvalue weighted by Gasteiger charge is -2.01. The number of carbonyl (C=O) groups excluding carboxylic acids is 1. The average Bonchev–Trinajstić information content (AvgIpc) is 2.26. The number of carbonyl (C=O) groups is 1. The minimum Gasteiger partial charge on any atom is -0.466 e. The molecule has 0 heterocycles. The van der Waals surface area contributed by atoms with Crippen LogP contribution in [0.3, 0.4) is 0 Å². The fraction of sp³-hybridized carbons (Fsp3) is 0.182. The largest absolute Gasteiger partial charge is 0.466 e. The Morgan fingerprint density at radius 3 is 2.57 bits per heavy atom. The molecule has 0 saturated heterocycles. The molecule has 14 heavy (non-hydrogen) atoms. The molecule has 0 atom stereocenters. The molecule has 0 unspecified atom stereocenters. The third-order valence-electron chi connectivity index (χ3n) is 1.74. The van der Waals surface area contributed by atoms with Crippen molar-refractivity contribution in [1.29, 1.82) is 0 Å². The number of anilines is 1. The van der Waals surface area contributed by atoms with Crippen LogP contribution in [0, 0.1) is 0 Å². The average molecular weight is 191 g/mol. The molecule has 0 aromatic heterocycles. The van der Waals surface area contributed by atoms with Crippen molar-refractivity contribution in [1.82, 2.24) is 0 Å². The molecule has 0 radical (unpaired) electrons. The van der Waals surface area contributed by atoms with Crippen LogP contribution in [0.4, 0.5) is 5.69 Å². The van der Waals surface area contributed by atoms with E-state index < -0.39 is 0 Å². The van der Waals surface area contributed by atoms with E-state index in [1.54, 1.807) is 13.1 Å². The normalized spacial score (nSPS) is 10.9. The monoisotopic (exact) mass is 191 g/mol. The van der Waals surface area contributed by atoms with Gasteiger partial charge < -0.3 is 10.1 Å². The molecule has 0 bridgehead atoms. The quantitative estimate of drug-likeness (QED) is 0.587. The molecule has 3 heteroatoms. The van der Waals surface area contributed by atoms with Crippen molar-refractivity contribution < 1.29 is 9.53 Å². The number of ether oxygens (including phenoxy) is 1. The Labute approximate surface area is 83.4 Å². The van der Waals surface area contributed by atoms with Gasteiger partial charge in [-0.15, -0.1) is 0 Å². The van der Waals surface area contributed by atoms with Gasteiger partial charge in [0, 0.05) is 11.9 Å². The third-order valence-corrected chi connectivity index (χ3v) is 1.74.